The van der Waals surface area contributed by atoms with Crippen LogP contribution in [-0.4, -0.2) is 19.4 Å². The van der Waals surface area contributed by atoms with Gasteiger partial charge in [-0.05, 0) is 24.7 Å². The van der Waals surface area contributed by atoms with Crippen LogP contribution >= 0.6 is 0 Å². The molecule has 0 aliphatic heterocycles. The van der Waals surface area contributed by atoms with E-state index in [0.29, 0.717) is 30.0 Å². The lowest BCUT2D eigenvalue weighted by atomic mass is 10.1. The Balaban J connectivity index is 2.91. The Morgan fingerprint density at radius 2 is 2.21 bits per heavy atom. The Hall–Kier alpha value is -1.55. The predicted octanol–water partition coefficient (Wildman–Crippen LogP) is 0.809. The SMILES string of the molecule is COc1ccc(C(=O)CCN)cc1N. The molecule has 0 aliphatic rings. The third kappa shape index (κ3) is 2.23. The topological polar surface area (TPSA) is 78.3 Å². The molecule has 1 rings (SSSR count). The van der Waals surface area contributed by atoms with Crippen LogP contribution in [0.1, 0.15) is 16.8 Å². The summed E-state index contributed by atoms with van der Waals surface area (Å²) in [4.78, 5) is 11.4. The van der Waals surface area contributed by atoms with Crippen LogP contribution in [0.25, 0.3) is 0 Å². The zero-order valence-corrected chi connectivity index (χ0v) is 8.12. The van der Waals surface area contributed by atoms with Gasteiger partial charge in [0.25, 0.3) is 0 Å². The van der Waals surface area contributed by atoms with Crippen LogP contribution in [-0.2, 0) is 0 Å². The second kappa shape index (κ2) is 4.62. The fraction of sp³-hybridized carbons (Fsp3) is 0.300. The first-order chi connectivity index (χ1) is 6.69. The summed E-state index contributed by atoms with van der Waals surface area (Å²) in [6.45, 7) is 0.352. The summed E-state index contributed by atoms with van der Waals surface area (Å²) >= 11 is 0. The van der Waals surface area contributed by atoms with Crippen molar-refractivity contribution in [3.63, 3.8) is 0 Å². The smallest absolute Gasteiger partial charge is 0.164 e. The number of rotatable bonds is 4. The van der Waals surface area contributed by atoms with Crippen molar-refractivity contribution in [1.82, 2.24) is 0 Å². The van der Waals surface area contributed by atoms with Gasteiger partial charge in [-0.1, -0.05) is 0 Å². The zero-order valence-electron chi connectivity index (χ0n) is 8.12. The molecule has 0 aromatic heterocycles. The molecule has 0 heterocycles. The lowest BCUT2D eigenvalue weighted by Gasteiger charge is -2.05. The minimum Gasteiger partial charge on any atom is -0.495 e. The average molecular weight is 194 g/mol. The van der Waals surface area contributed by atoms with Crippen molar-refractivity contribution in [2.45, 2.75) is 6.42 Å². The summed E-state index contributed by atoms with van der Waals surface area (Å²) in [6.07, 6.45) is 0.339. The molecule has 0 bridgehead atoms. The molecule has 1 aromatic rings. The first-order valence-electron chi connectivity index (χ1n) is 4.36. The van der Waals surface area contributed by atoms with Crippen LogP contribution in [0.2, 0.25) is 0 Å². The lowest BCUT2D eigenvalue weighted by molar-refractivity contribution is 0.0985. The summed E-state index contributed by atoms with van der Waals surface area (Å²) in [5.74, 6) is 0.580. The van der Waals surface area contributed by atoms with Gasteiger partial charge in [0.1, 0.15) is 5.75 Å². The summed E-state index contributed by atoms with van der Waals surface area (Å²) in [5, 5.41) is 0. The molecule has 0 atom stereocenters. The molecule has 76 valence electrons. The van der Waals surface area contributed by atoms with Gasteiger partial charge in [-0.15, -0.1) is 0 Å². The van der Waals surface area contributed by atoms with E-state index in [2.05, 4.69) is 0 Å². The van der Waals surface area contributed by atoms with Crippen LogP contribution in [0.4, 0.5) is 5.69 Å². The van der Waals surface area contributed by atoms with Crippen molar-refractivity contribution in [2.75, 3.05) is 19.4 Å². The molecule has 1 aromatic carbocycles. The number of hydrogen-bond acceptors (Lipinski definition) is 4. The van der Waals surface area contributed by atoms with Gasteiger partial charge in [0.2, 0.25) is 0 Å². The largest absolute Gasteiger partial charge is 0.495 e. The minimum absolute atomic E-state index is 0.00172. The number of ketones is 1. The van der Waals surface area contributed by atoms with Crippen molar-refractivity contribution in [1.29, 1.82) is 0 Å². The van der Waals surface area contributed by atoms with E-state index in [1.165, 1.54) is 7.11 Å². The maximum atomic E-state index is 11.4. The lowest BCUT2D eigenvalue weighted by Crippen LogP contribution is -2.08. The predicted molar refractivity (Wildman–Crippen MR) is 55.4 cm³/mol. The van der Waals surface area contributed by atoms with Crippen molar-refractivity contribution in [3.05, 3.63) is 23.8 Å². The first-order valence-corrected chi connectivity index (χ1v) is 4.36. The summed E-state index contributed by atoms with van der Waals surface area (Å²) in [6, 6.07) is 4.98. The van der Waals surface area contributed by atoms with Gasteiger partial charge in [0, 0.05) is 12.0 Å². The maximum Gasteiger partial charge on any atom is 0.164 e. The van der Waals surface area contributed by atoms with Crippen LogP contribution in [0.15, 0.2) is 18.2 Å². The van der Waals surface area contributed by atoms with E-state index >= 15 is 0 Å². The molecule has 0 saturated carbocycles. The molecule has 4 nitrogen and oxygen atoms in total. The molecular formula is C10H14N2O2. The number of Topliss-reactive ketones (excluding diaryl/α,β-unsaturated/α-hetero) is 1. The van der Waals surface area contributed by atoms with Crippen LogP contribution < -0.4 is 16.2 Å². The number of carbonyl (C=O) groups excluding carboxylic acids is 1. The first kappa shape index (κ1) is 10.5. The van der Waals surface area contributed by atoms with Gasteiger partial charge in [0.05, 0.1) is 12.8 Å². The fourth-order valence-electron chi connectivity index (χ4n) is 1.18. The van der Waals surface area contributed by atoms with Crippen molar-refractivity contribution in [3.8, 4) is 5.75 Å². The molecular weight excluding hydrogens is 180 g/mol. The normalized spacial score (nSPS) is 9.86. The molecule has 14 heavy (non-hydrogen) atoms. The number of hydrogen-bond donors (Lipinski definition) is 2. The Bertz CT molecular complexity index is 337. The monoisotopic (exact) mass is 194 g/mol. The molecule has 0 fully saturated rings. The molecule has 4 N–H and O–H groups in total. The molecule has 4 heteroatoms. The van der Waals surface area contributed by atoms with Gasteiger partial charge in [0.15, 0.2) is 5.78 Å². The second-order valence-electron chi connectivity index (χ2n) is 2.92. The maximum absolute atomic E-state index is 11.4. The highest BCUT2D eigenvalue weighted by molar-refractivity contribution is 5.97. The number of carbonyl (C=O) groups is 1. The van der Waals surface area contributed by atoms with Gasteiger partial charge in [-0.3, -0.25) is 4.79 Å². The van der Waals surface area contributed by atoms with Crippen LogP contribution in [0.3, 0.4) is 0 Å². The van der Waals surface area contributed by atoms with Gasteiger partial charge in [-0.25, -0.2) is 0 Å². The van der Waals surface area contributed by atoms with E-state index in [1.54, 1.807) is 18.2 Å². The Morgan fingerprint density at radius 1 is 1.50 bits per heavy atom. The van der Waals surface area contributed by atoms with Gasteiger partial charge in [-0.2, -0.15) is 0 Å². The van der Waals surface area contributed by atoms with E-state index in [4.69, 9.17) is 16.2 Å². The highest BCUT2D eigenvalue weighted by atomic mass is 16.5. The zero-order chi connectivity index (χ0) is 10.6. The van der Waals surface area contributed by atoms with Gasteiger partial charge < -0.3 is 16.2 Å². The number of benzene rings is 1. The number of nitrogen functional groups attached to an aromatic ring is 1. The van der Waals surface area contributed by atoms with E-state index in [9.17, 15) is 4.79 Å². The number of anilines is 1. The minimum atomic E-state index is 0.00172. The average Bonchev–Trinajstić information content (AvgIpc) is 2.18. The van der Waals surface area contributed by atoms with E-state index in [0.717, 1.165) is 0 Å². The Labute approximate surface area is 82.8 Å². The third-order valence-corrected chi connectivity index (χ3v) is 1.92. The van der Waals surface area contributed by atoms with Crippen molar-refractivity contribution < 1.29 is 9.53 Å². The standard InChI is InChI=1S/C10H14N2O2/c1-14-10-3-2-7(6-8(10)12)9(13)4-5-11/h2-3,6H,4-5,11-12H2,1H3. The molecule has 0 amide bonds. The highest BCUT2D eigenvalue weighted by Gasteiger charge is 2.07. The number of nitrogens with two attached hydrogens (primary N) is 2. The van der Waals surface area contributed by atoms with Crippen LogP contribution in [0.5, 0.6) is 5.75 Å². The molecule has 0 saturated heterocycles. The summed E-state index contributed by atoms with van der Waals surface area (Å²) < 4.78 is 4.98. The van der Waals surface area contributed by atoms with E-state index in [-0.39, 0.29) is 5.78 Å². The van der Waals surface area contributed by atoms with E-state index < -0.39 is 0 Å². The highest BCUT2D eigenvalue weighted by Crippen LogP contribution is 2.22. The Morgan fingerprint density at radius 3 is 2.71 bits per heavy atom. The Kier molecular flexibility index (Phi) is 3.48. The summed E-state index contributed by atoms with van der Waals surface area (Å²) in [7, 11) is 1.53. The number of ether oxygens (including phenoxy) is 1. The quantitative estimate of drug-likeness (QED) is 0.549. The van der Waals surface area contributed by atoms with Crippen molar-refractivity contribution >= 4 is 11.5 Å². The fourth-order valence-corrected chi connectivity index (χ4v) is 1.18. The number of methoxy groups -OCH3 is 1. The molecule has 0 aliphatic carbocycles. The third-order valence-electron chi connectivity index (χ3n) is 1.92. The van der Waals surface area contributed by atoms with Gasteiger partial charge >= 0.3 is 0 Å². The molecule has 0 unspecified atom stereocenters. The molecule has 0 spiro atoms. The van der Waals surface area contributed by atoms with Crippen molar-refractivity contribution in [2.24, 2.45) is 5.73 Å². The van der Waals surface area contributed by atoms with E-state index in [1.807, 2.05) is 0 Å². The van der Waals surface area contributed by atoms with Crippen LogP contribution in [0, 0.1) is 0 Å². The summed E-state index contributed by atoms with van der Waals surface area (Å²) in [5.41, 5.74) is 12.0. The second-order valence-corrected chi connectivity index (χ2v) is 2.92. The molecule has 0 radical (unpaired) electrons.